The number of esters is 2. The van der Waals surface area contributed by atoms with Crippen molar-refractivity contribution in [2.45, 2.75) is 252 Å². The van der Waals surface area contributed by atoms with Crippen molar-refractivity contribution < 1.29 is 29.3 Å². The van der Waals surface area contributed by atoms with E-state index >= 15 is 0 Å². The Kier molecular flexibility index (Phi) is 40.5. The fourth-order valence-corrected chi connectivity index (χ4v) is 7.54. The minimum atomic E-state index is -0.431. The second-order valence-electron chi connectivity index (χ2n) is 16.5. The lowest BCUT2D eigenvalue weighted by Gasteiger charge is -2.25. The molecular weight excluding hydrogens is 675 g/mol. The summed E-state index contributed by atoms with van der Waals surface area (Å²) < 4.78 is 11.7. The Balaban J connectivity index is 4.41. The predicted molar refractivity (Wildman–Crippen MR) is 229 cm³/mol. The van der Waals surface area contributed by atoms with Crippen LogP contribution in [0.25, 0.3) is 0 Å². The molecule has 0 saturated carbocycles. The van der Waals surface area contributed by atoms with E-state index in [2.05, 4.69) is 32.6 Å². The van der Waals surface area contributed by atoms with Gasteiger partial charge >= 0.3 is 11.9 Å². The second-order valence-corrected chi connectivity index (χ2v) is 16.5. The molecule has 0 rings (SSSR count). The van der Waals surface area contributed by atoms with Crippen molar-refractivity contribution >= 4 is 11.9 Å². The lowest BCUT2D eigenvalue weighted by Crippen LogP contribution is -2.34. The summed E-state index contributed by atoms with van der Waals surface area (Å²) >= 11 is 0. The van der Waals surface area contributed by atoms with Gasteiger partial charge < -0.3 is 24.6 Å². The molecule has 54 heavy (non-hydrogen) atoms. The van der Waals surface area contributed by atoms with Gasteiger partial charge in [-0.2, -0.15) is 0 Å². The number of carbonyl (C=O) groups is 2. The van der Waals surface area contributed by atoms with Gasteiger partial charge in [0.2, 0.25) is 0 Å². The third-order valence-corrected chi connectivity index (χ3v) is 11.1. The highest BCUT2D eigenvalue weighted by atomic mass is 16.5. The van der Waals surface area contributed by atoms with Gasteiger partial charge in [0.25, 0.3) is 0 Å². The summed E-state index contributed by atoms with van der Waals surface area (Å²) in [5.41, 5.74) is 0. The number of carbonyl (C=O) groups excluding carboxylic acids is 2. The zero-order chi connectivity index (χ0) is 39.7. The summed E-state index contributed by atoms with van der Waals surface area (Å²) in [5.74, 6) is -0.0118. The Morgan fingerprint density at radius 1 is 0.519 bits per heavy atom. The van der Waals surface area contributed by atoms with Crippen molar-refractivity contribution in [1.29, 1.82) is 0 Å². The number of ether oxygens (including phenoxy) is 2. The highest BCUT2D eigenvalue weighted by Gasteiger charge is 2.20. The smallest absolute Gasteiger partial charge is 0.308 e. The Bertz CT molecular complexity index is 794. The van der Waals surface area contributed by atoms with E-state index in [1.165, 1.54) is 103 Å². The molecule has 0 aliphatic heterocycles. The van der Waals surface area contributed by atoms with Crippen LogP contribution in [0.1, 0.15) is 240 Å². The molecular formula is C47H93NO6. The summed E-state index contributed by atoms with van der Waals surface area (Å²) in [7, 11) is 0. The fraction of sp³-hybridized carbons (Fsp3) is 0.957. The Hall–Kier alpha value is -1.18. The topological polar surface area (TPSA) is 96.3 Å². The van der Waals surface area contributed by atoms with Crippen molar-refractivity contribution in [3.05, 3.63) is 0 Å². The number of hydrogen-bond donors (Lipinski definition) is 2. The maximum Gasteiger partial charge on any atom is 0.308 e. The minimum absolute atomic E-state index is 0.0156. The molecule has 2 N–H and O–H groups in total. The first-order valence-electron chi connectivity index (χ1n) is 23.8. The lowest BCUT2D eigenvalue weighted by molar-refractivity contribution is -0.150. The number of aliphatic hydroxyl groups is 2. The molecule has 0 radical (unpaired) electrons. The number of nitrogens with zero attached hydrogens (tertiary/aromatic N) is 1. The summed E-state index contributed by atoms with van der Waals surface area (Å²) in [6.07, 6.45) is 35.6. The van der Waals surface area contributed by atoms with Crippen molar-refractivity contribution in [2.75, 3.05) is 32.8 Å². The van der Waals surface area contributed by atoms with E-state index in [0.717, 1.165) is 103 Å². The molecule has 0 aliphatic carbocycles. The molecule has 0 aromatic rings. The van der Waals surface area contributed by atoms with Gasteiger partial charge in [0.15, 0.2) is 0 Å². The maximum absolute atomic E-state index is 13.0. The molecule has 322 valence electrons. The molecule has 0 saturated heterocycles. The zero-order valence-corrected chi connectivity index (χ0v) is 36.6. The van der Waals surface area contributed by atoms with Crippen LogP contribution >= 0.6 is 0 Å². The van der Waals surface area contributed by atoms with E-state index < -0.39 is 6.10 Å². The van der Waals surface area contributed by atoms with Gasteiger partial charge in [-0.05, 0) is 83.6 Å². The summed E-state index contributed by atoms with van der Waals surface area (Å²) in [5, 5.41) is 20.3. The number of rotatable bonds is 43. The maximum atomic E-state index is 13.0. The van der Waals surface area contributed by atoms with Gasteiger partial charge in [-0.1, -0.05) is 156 Å². The van der Waals surface area contributed by atoms with Crippen LogP contribution < -0.4 is 0 Å². The number of aliphatic hydroxyl groups excluding tert-OH is 2. The molecule has 0 aromatic heterocycles. The second kappa shape index (κ2) is 41.5. The average Bonchev–Trinajstić information content (AvgIpc) is 3.16. The third-order valence-electron chi connectivity index (χ3n) is 11.1. The van der Waals surface area contributed by atoms with E-state index in [1.54, 1.807) is 0 Å². The average molecular weight is 768 g/mol. The van der Waals surface area contributed by atoms with E-state index in [0.29, 0.717) is 32.4 Å². The molecule has 3 unspecified atom stereocenters. The van der Waals surface area contributed by atoms with Crippen molar-refractivity contribution in [2.24, 2.45) is 5.92 Å². The van der Waals surface area contributed by atoms with Crippen LogP contribution in [0.15, 0.2) is 0 Å². The highest BCUT2D eigenvalue weighted by Crippen LogP contribution is 2.21. The van der Waals surface area contributed by atoms with Gasteiger partial charge in [0.1, 0.15) is 6.10 Å². The van der Waals surface area contributed by atoms with Crippen LogP contribution in [-0.4, -0.2) is 72.1 Å². The normalized spacial score (nSPS) is 13.3. The molecule has 7 nitrogen and oxygen atoms in total. The lowest BCUT2D eigenvalue weighted by atomic mass is 9.94. The van der Waals surface area contributed by atoms with Crippen LogP contribution in [0.3, 0.4) is 0 Å². The van der Waals surface area contributed by atoms with Gasteiger partial charge in [-0.3, -0.25) is 9.59 Å². The van der Waals surface area contributed by atoms with Crippen LogP contribution in [0.2, 0.25) is 0 Å². The molecule has 0 amide bonds. The largest absolute Gasteiger partial charge is 0.465 e. The number of hydrogen-bond acceptors (Lipinski definition) is 7. The summed E-state index contributed by atoms with van der Waals surface area (Å²) in [6.45, 7) is 11.8. The highest BCUT2D eigenvalue weighted by molar-refractivity contribution is 5.72. The first-order chi connectivity index (χ1) is 26.4. The standard InChI is InChI=1S/C47H93NO6/c1-5-9-13-17-19-24-33-43(32-23-15-11-7-3)47(52)53-41-30-28-34-44(50)42-48(39-31-40-49)38-29-22-21-27-37-46(51)54-45(35-25-16-12-8-4)36-26-20-18-14-10-6-2/h43-45,49-50H,5-42H2,1-4H3. The zero-order valence-electron chi connectivity index (χ0n) is 36.6. The molecule has 0 bridgehead atoms. The van der Waals surface area contributed by atoms with Gasteiger partial charge in [-0.15, -0.1) is 0 Å². The Morgan fingerprint density at radius 2 is 0.963 bits per heavy atom. The van der Waals surface area contributed by atoms with Crippen molar-refractivity contribution in [3.63, 3.8) is 0 Å². The monoisotopic (exact) mass is 768 g/mol. The molecule has 0 heterocycles. The first kappa shape index (κ1) is 52.8. The van der Waals surface area contributed by atoms with E-state index in [4.69, 9.17) is 9.47 Å². The SMILES string of the molecule is CCCCCCCCC(CCCCCC)OC(=O)CCCCCCN(CCCO)CC(O)CCCCOC(=O)C(CCCCCC)CCCCCCCC. The molecule has 7 heteroatoms. The third kappa shape index (κ3) is 35.2. The quantitative estimate of drug-likeness (QED) is 0.0471. The Morgan fingerprint density at radius 3 is 1.52 bits per heavy atom. The van der Waals surface area contributed by atoms with E-state index in [1.807, 2.05) is 0 Å². The Labute approximate surface area is 335 Å². The molecule has 0 spiro atoms. The van der Waals surface area contributed by atoms with E-state index in [-0.39, 0.29) is 30.6 Å². The summed E-state index contributed by atoms with van der Waals surface area (Å²) in [4.78, 5) is 27.9. The van der Waals surface area contributed by atoms with Crippen LogP contribution in [0.4, 0.5) is 0 Å². The van der Waals surface area contributed by atoms with Gasteiger partial charge in [0, 0.05) is 26.1 Å². The molecule has 3 atom stereocenters. The van der Waals surface area contributed by atoms with Crippen LogP contribution in [-0.2, 0) is 19.1 Å². The molecule has 0 fully saturated rings. The predicted octanol–water partition coefficient (Wildman–Crippen LogP) is 12.7. The molecule has 0 aliphatic rings. The fourth-order valence-electron chi connectivity index (χ4n) is 7.54. The van der Waals surface area contributed by atoms with Gasteiger partial charge in [-0.25, -0.2) is 0 Å². The van der Waals surface area contributed by atoms with Crippen LogP contribution in [0.5, 0.6) is 0 Å². The van der Waals surface area contributed by atoms with Crippen LogP contribution in [0, 0.1) is 5.92 Å². The first-order valence-corrected chi connectivity index (χ1v) is 23.8. The van der Waals surface area contributed by atoms with Gasteiger partial charge in [0.05, 0.1) is 18.6 Å². The van der Waals surface area contributed by atoms with E-state index in [9.17, 15) is 19.8 Å². The summed E-state index contributed by atoms with van der Waals surface area (Å²) in [6, 6.07) is 0. The van der Waals surface area contributed by atoms with Crippen molar-refractivity contribution in [1.82, 2.24) is 4.90 Å². The molecule has 0 aromatic carbocycles. The minimum Gasteiger partial charge on any atom is -0.465 e. The van der Waals surface area contributed by atoms with Crippen molar-refractivity contribution in [3.8, 4) is 0 Å². The number of unbranched alkanes of at least 4 members (excludes halogenated alkanes) is 20.